The molecule has 0 bridgehead atoms. The fraction of sp³-hybridized carbons (Fsp3) is 0.0417. The van der Waals surface area contributed by atoms with Crippen LogP contribution in [0.4, 0.5) is 23.0 Å². The SMILES string of the molecule is Cc1cccc2c(SOOO)c(N=Nc3c(SOOO)cc4cc(Nc5nc(Cl)nc(Cl)n5)ccc4c3O)ccc12. The summed E-state index contributed by atoms with van der Waals surface area (Å²) in [6.07, 6.45) is 0. The van der Waals surface area contributed by atoms with Crippen molar-refractivity contribution in [3.8, 4) is 5.75 Å². The van der Waals surface area contributed by atoms with Crippen molar-refractivity contribution in [1.82, 2.24) is 15.0 Å². The monoisotopic (exact) mass is 634 g/mol. The molecule has 13 nitrogen and oxygen atoms in total. The summed E-state index contributed by atoms with van der Waals surface area (Å²) in [4.78, 5) is 12.4. The Labute approximate surface area is 249 Å². The lowest BCUT2D eigenvalue weighted by atomic mass is 10.1. The Morgan fingerprint density at radius 3 is 2.32 bits per heavy atom. The van der Waals surface area contributed by atoms with Crippen molar-refractivity contribution in [2.24, 2.45) is 10.2 Å². The molecule has 0 unspecified atom stereocenters. The molecule has 0 amide bonds. The number of hydrogen-bond acceptors (Lipinski definition) is 15. The molecule has 5 aromatic rings. The standard InChI is InChI=1S/C24H16Cl2N6O7S2/c1-11-3-2-4-16-14(11)7-8-17(21(16)41-39-37-35)31-32-19-18(40-38-36-34)10-12-9-13(5-6-15(12)20(19)33)27-24-29-22(25)28-23(26)30-24/h2-10,33-35H,1H3,(H,27,28,29,30). The van der Waals surface area contributed by atoms with Gasteiger partial charge >= 0.3 is 0 Å². The van der Waals surface area contributed by atoms with Crippen LogP contribution in [-0.2, 0) is 18.7 Å². The Bertz CT molecular complexity index is 1760. The number of aromatic nitrogens is 3. The smallest absolute Gasteiger partial charge is 0.232 e. The molecule has 0 spiro atoms. The maximum absolute atomic E-state index is 11.2. The van der Waals surface area contributed by atoms with Gasteiger partial charge < -0.3 is 10.4 Å². The average molecular weight is 635 g/mol. The van der Waals surface area contributed by atoms with Crippen molar-refractivity contribution >= 4 is 91.8 Å². The summed E-state index contributed by atoms with van der Waals surface area (Å²) in [5.74, 6) is -0.112. The van der Waals surface area contributed by atoms with Gasteiger partial charge in [0, 0.05) is 16.5 Å². The van der Waals surface area contributed by atoms with Crippen LogP contribution in [0, 0.1) is 6.92 Å². The minimum absolute atomic E-state index is 0.0240. The van der Waals surface area contributed by atoms with E-state index in [1.54, 1.807) is 30.3 Å². The van der Waals surface area contributed by atoms with Crippen molar-refractivity contribution in [3.63, 3.8) is 0 Å². The van der Waals surface area contributed by atoms with Crippen LogP contribution in [0.15, 0.2) is 74.6 Å². The minimum atomic E-state index is -0.228. The molecule has 4 aromatic carbocycles. The minimum Gasteiger partial charge on any atom is -0.505 e. The van der Waals surface area contributed by atoms with Crippen LogP contribution in [0.1, 0.15) is 5.56 Å². The van der Waals surface area contributed by atoms with Gasteiger partial charge in [0.25, 0.3) is 0 Å². The molecule has 1 heterocycles. The van der Waals surface area contributed by atoms with Gasteiger partial charge in [0.05, 0.1) is 33.9 Å². The number of phenolic OH excluding ortho intramolecular Hbond substituents is 1. The van der Waals surface area contributed by atoms with Crippen molar-refractivity contribution in [3.05, 3.63) is 70.7 Å². The molecular formula is C24H16Cl2N6O7S2. The summed E-state index contributed by atoms with van der Waals surface area (Å²) in [6, 6.07) is 15.9. The first-order valence-electron chi connectivity index (χ1n) is 11.3. The first-order valence-corrected chi connectivity index (χ1v) is 13.5. The summed E-state index contributed by atoms with van der Waals surface area (Å²) in [7, 11) is 0. The zero-order valence-electron chi connectivity index (χ0n) is 20.5. The summed E-state index contributed by atoms with van der Waals surface area (Å²) >= 11 is 13.0. The molecule has 0 aliphatic rings. The second-order valence-corrected chi connectivity index (χ2v) is 10.2. The van der Waals surface area contributed by atoms with E-state index in [-0.39, 0.29) is 32.8 Å². The first kappa shape index (κ1) is 29.2. The molecule has 0 fully saturated rings. The van der Waals surface area contributed by atoms with Crippen LogP contribution < -0.4 is 5.32 Å². The van der Waals surface area contributed by atoms with Crippen molar-refractivity contribution in [2.45, 2.75) is 16.7 Å². The van der Waals surface area contributed by atoms with Gasteiger partial charge in [-0.15, -0.1) is 18.9 Å². The van der Waals surface area contributed by atoms with Crippen LogP contribution in [0.2, 0.25) is 10.6 Å². The van der Waals surface area contributed by atoms with Gasteiger partial charge in [0.2, 0.25) is 16.5 Å². The molecule has 0 atom stereocenters. The van der Waals surface area contributed by atoms with E-state index >= 15 is 0 Å². The lowest BCUT2D eigenvalue weighted by Gasteiger charge is -2.12. The molecule has 41 heavy (non-hydrogen) atoms. The van der Waals surface area contributed by atoms with E-state index in [9.17, 15) is 5.11 Å². The largest absolute Gasteiger partial charge is 0.505 e. The third-order valence-electron chi connectivity index (χ3n) is 5.66. The number of nitrogens with zero attached hydrogens (tertiary/aromatic N) is 5. The molecule has 1 aromatic heterocycles. The van der Waals surface area contributed by atoms with Crippen LogP contribution in [-0.4, -0.2) is 30.6 Å². The van der Waals surface area contributed by atoms with Crippen molar-refractivity contribution < 1.29 is 34.4 Å². The number of fused-ring (bicyclic) bond motifs is 2. The van der Waals surface area contributed by atoms with Crippen LogP contribution in [0.5, 0.6) is 5.75 Å². The van der Waals surface area contributed by atoms with E-state index in [1.807, 2.05) is 31.2 Å². The second-order valence-electron chi connectivity index (χ2n) is 8.07. The molecule has 5 rings (SSSR count). The average Bonchev–Trinajstić information content (AvgIpc) is 2.94. The van der Waals surface area contributed by atoms with Crippen molar-refractivity contribution in [1.29, 1.82) is 0 Å². The van der Waals surface area contributed by atoms with Gasteiger partial charge in [-0.3, -0.25) is 0 Å². The Morgan fingerprint density at radius 2 is 1.56 bits per heavy atom. The van der Waals surface area contributed by atoms with E-state index < -0.39 is 0 Å². The maximum atomic E-state index is 11.2. The number of benzene rings is 4. The fourth-order valence-electron chi connectivity index (χ4n) is 3.95. The highest BCUT2D eigenvalue weighted by Gasteiger charge is 2.17. The maximum Gasteiger partial charge on any atom is 0.232 e. The molecule has 17 heteroatoms. The normalized spacial score (nSPS) is 11.6. The van der Waals surface area contributed by atoms with E-state index in [0.717, 1.165) is 28.4 Å². The van der Waals surface area contributed by atoms with Crippen LogP contribution >= 0.6 is 47.3 Å². The molecule has 0 aliphatic carbocycles. The van der Waals surface area contributed by atoms with Crippen LogP contribution in [0.3, 0.4) is 0 Å². The number of anilines is 2. The molecule has 0 saturated carbocycles. The third kappa shape index (κ3) is 6.60. The van der Waals surface area contributed by atoms with E-state index in [2.05, 4.69) is 44.9 Å². The Kier molecular flexibility index (Phi) is 9.31. The molecule has 0 radical (unpaired) electrons. The van der Waals surface area contributed by atoms with E-state index in [1.165, 1.54) is 0 Å². The van der Waals surface area contributed by atoms with E-state index in [4.69, 9.17) is 38.1 Å². The van der Waals surface area contributed by atoms with Gasteiger partial charge in [0.1, 0.15) is 11.4 Å². The van der Waals surface area contributed by atoms with Crippen molar-refractivity contribution in [2.75, 3.05) is 5.32 Å². The molecule has 210 valence electrons. The zero-order valence-corrected chi connectivity index (χ0v) is 23.6. The highest BCUT2D eigenvalue weighted by Crippen LogP contribution is 2.46. The first-order chi connectivity index (χ1) is 19.9. The summed E-state index contributed by atoms with van der Waals surface area (Å²) < 4.78 is 9.34. The highest BCUT2D eigenvalue weighted by atomic mass is 35.5. The number of rotatable bonds is 10. The molecular weight excluding hydrogens is 619 g/mol. The van der Waals surface area contributed by atoms with Gasteiger partial charge in [-0.2, -0.15) is 15.0 Å². The van der Waals surface area contributed by atoms with E-state index in [0.29, 0.717) is 39.1 Å². The third-order valence-corrected chi connectivity index (χ3v) is 7.34. The summed E-state index contributed by atoms with van der Waals surface area (Å²) in [5.41, 5.74) is 1.93. The Balaban J connectivity index is 1.56. The molecule has 0 aliphatic heterocycles. The number of hydrogen-bond donors (Lipinski definition) is 4. The van der Waals surface area contributed by atoms with Gasteiger partial charge in [-0.1, -0.05) is 34.3 Å². The number of aryl methyl sites for hydroxylation is 1. The lowest BCUT2D eigenvalue weighted by molar-refractivity contribution is -0.432. The molecule has 4 N–H and O–H groups in total. The number of azo groups is 1. The predicted octanol–water partition coefficient (Wildman–Crippen LogP) is 8.51. The topological polar surface area (TPSA) is 173 Å². The quantitative estimate of drug-likeness (QED) is 0.0498. The Morgan fingerprint density at radius 1 is 0.829 bits per heavy atom. The Hall–Kier alpha value is -3.35. The number of halogens is 2. The highest BCUT2D eigenvalue weighted by molar-refractivity contribution is 7.95. The number of nitrogens with one attached hydrogen (secondary N) is 1. The lowest BCUT2D eigenvalue weighted by Crippen LogP contribution is -1.99. The zero-order chi connectivity index (χ0) is 28.9. The summed E-state index contributed by atoms with van der Waals surface area (Å²) in [6.45, 7) is 1.95. The van der Waals surface area contributed by atoms with Crippen LogP contribution in [0.25, 0.3) is 21.5 Å². The molecule has 0 saturated heterocycles. The second kappa shape index (κ2) is 13.1. The van der Waals surface area contributed by atoms with Gasteiger partial charge in [-0.05, 0) is 76.8 Å². The summed E-state index contributed by atoms with van der Waals surface area (Å²) in [5, 5.41) is 50.3. The number of phenols is 1. The van der Waals surface area contributed by atoms with Gasteiger partial charge in [0.15, 0.2) is 5.75 Å². The number of aromatic hydroxyl groups is 1. The fourth-order valence-corrected chi connectivity index (χ4v) is 5.37. The van der Waals surface area contributed by atoms with Gasteiger partial charge in [-0.25, -0.2) is 10.5 Å². The predicted molar refractivity (Wildman–Crippen MR) is 153 cm³/mol.